The molecule has 1 N–H and O–H groups in total. The van der Waals surface area contributed by atoms with Crippen molar-refractivity contribution in [3.05, 3.63) is 69.7 Å². The van der Waals surface area contributed by atoms with Crippen molar-refractivity contribution in [3.63, 3.8) is 0 Å². The van der Waals surface area contributed by atoms with E-state index in [1.165, 1.54) is 0 Å². The van der Waals surface area contributed by atoms with Crippen LogP contribution in [0, 0.1) is 0 Å². The smallest absolute Gasteiger partial charge is 0.254 e. The highest BCUT2D eigenvalue weighted by Gasteiger charge is 2.24. The number of rotatable bonds is 4. The Morgan fingerprint density at radius 2 is 1.96 bits per heavy atom. The summed E-state index contributed by atoms with van der Waals surface area (Å²) in [7, 11) is 0. The standard InChI is InChI=1S/C19H19ClN2O2/c1-2-22-10-9-14-5-6-15(11-17(14)19(22)24)18(23)21-12-13-3-7-16(20)8-4-13/h3-8,11H,2,9-10,12H2,1H3,(H,21,23). The van der Waals surface area contributed by atoms with E-state index in [-0.39, 0.29) is 11.8 Å². The van der Waals surface area contributed by atoms with Gasteiger partial charge in [-0.3, -0.25) is 9.59 Å². The van der Waals surface area contributed by atoms with E-state index in [9.17, 15) is 9.59 Å². The topological polar surface area (TPSA) is 49.4 Å². The molecule has 0 atom stereocenters. The molecular weight excluding hydrogens is 324 g/mol. The summed E-state index contributed by atoms with van der Waals surface area (Å²) in [4.78, 5) is 26.6. The zero-order valence-electron chi connectivity index (χ0n) is 13.5. The molecule has 0 saturated carbocycles. The summed E-state index contributed by atoms with van der Waals surface area (Å²) in [5.41, 5.74) is 3.13. The van der Waals surface area contributed by atoms with Gasteiger partial charge in [-0.1, -0.05) is 29.8 Å². The van der Waals surface area contributed by atoms with E-state index in [1.54, 1.807) is 29.2 Å². The van der Waals surface area contributed by atoms with Gasteiger partial charge >= 0.3 is 0 Å². The maximum atomic E-state index is 12.4. The number of likely N-dealkylation sites (N-methyl/N-ethyl adjacent to an activating group) is 1. The molecular formula is C19H19ClN2O2. The van der Waals surface area contributed by atoms with Gasteiger partial charge in [0.1, 0.15) is 0 Å². The minimum atomic E-state index is -0.186. The molecule has 0 saturated heterocycles. The minimum absolute atomic E-state index is 0.00565. The quantitative estimate of drug-likeness (QED) is 0.927. The molecule has 4 nitrogen and oxygen atoms in total. The molecule has 5 heteroatoms. The van der Waals surface area contributed by atoms with E-state index in [2.05, 4.69) is 5.32 Å². The summed E-state index contributed by atoms with van der Waals surface area (Å²) < 4.78 is 0. The molecule has 0 spiro atoms. The summed E-state index contributed by atoms with van der Waals surface area (Å²) in [6.07, 6.45) is 0.835. The first-order chi connectivity index (χ1) is 11.6. The lowest BCUT2D eigenvalue weighted by Gasteiger charge is -2.27. The first-order valence-corrected chi connectivity index (χ1v) is 8.41. The number of nitrogens with zero attached hydrogens (tertiary/aromatic N) is 1. The van der Waals surface area contributed by atoms with Gasteiger partial charge in [-0.05, 0) is 48.7 Å². The number of nitrogens with one attached hydrogen (secondary N) is 1. The van der Waals surface area contributed by atoms with Crippen molar-refractivity contribution in [1.82, 2.24) is 10.2 Å². The van der Waals surface area contributed by atoms with E-state index in [0.29, 0.717) is 29.2 Å². The number of fused-ring (bicyclic) bond motifs is 1. The molecule has 0 unspecified atom stereocenters. The van der Waals surface area contributed by atoms with Crippen LogP contribution in [0.2, 0.25) is 5.02 Å². The molecule has 0 aromatic heterocycles. The summed E-state index contributed by atoms with van der Waals surface area (Å²) in [5.74, 6) is -0.180. The van der Waals surface area contributed by atoms with Crippen LogP contribution in [-0.4, -0.2) is 29.8 Å². The second kappa shape index (κ2) is 7.05. The number of carbonyl (C=O) groups is 2. The lowest BCUT2D eigenvalue weighted by atomic mass is 9.96. The molecule has 24 heavy (non-hydrogen) atoms. The molecule has 1 heterocycles. The van der Waals surface area contributed by atoms with E-state index >= 15 is 0 Å². The van der Waals surface area contributed by atoms with Gasteiger partial charge in [0, 0.05) is 35.8 Å². The maximum Gasteiger partial charge on any atom is 0.254 e. The van der Waals surface area contributed by atoms with Gasteiger partial charge in [0.05, 0.1) is 0 Å². The third-order valence-corrected chi connectivity index (χ3v) is 4.54. The highest BCUT2D eigenvalue weighted by molar-refractivity contribution is 6.30. The predicted molar refractivity (Wildman–Crippen MR) is 94.3 cm³/mol. The lowest BCUT2D eigenvalue weighted by molar-refractivity contribution is 0.0749. The van der Waals surface area contributed by atoms with Crippen molar-refractivity contribution in [2.24, 2.45) is 0 Å². The molecule has 0 bridgehead atoms. The van der Waals surface area contributed by atoms with Crippen LogP contribution >= 0.6 is 11.6 Å². The largest absolute Gasteiger partial charge is 0.348 e. The molecule has 3 rings (SSSR count). The highest BCUT2D eigenvalue weighted by atomic mass is 35.5. The van der Waals surface area contributed by atoms with Crippen molar-refractivity contribution in [2.75, 3.05) is 13.1 Å². The molecule has 0 radical (unpaired) electrons. The van der Waals surface area contributed by atoms with Gasteiger partial charge in [-0.2, -0.15) is 0 Å². The van der Waals surface area contributed by atoms with Crippen LogP contribution in [-0.2, 0) is 13.0 Å². The van der Waals surface area contributed by atoms with Gasteiger partial charge < -0.3 is 10.2 Å². The summed E-state index contributed by atoms with van der Waals surface area (Å²) in [6, 6.07) is 12.7. The zero-order chi connectivity index (χ0) is 17.1. The van der Waals surface area contributed by atoms with Crippen LogP contribution in [0.15, 0.2) is 42.5 Å². The molecule has 0 aliphatic carbocycles. The monoisotopic (exact) mass is 342 g/mol. The second-order valence-electron chi connectivity index (χ2n) is 5.82. The zero-order valence-corrected chi connectivity index (χ0v) is 14.3. The summed E-state index contributed by atoms with van der Waals surface area (Å²) >= 11 is 5.85. The Balaban J connectivity index is 1.73. The molecule has 0 fully saturated rings. The van der Waals surface area contributed by atoms with Crippen LogP contribution in [0.5, 0.6) is 0 Å². The molecule has 2 aromatic rings. The second-order valence-corrected chi connectivity index (χ2v) is 6.25. The summed E-state index contributed by atoms with van der Waals surface area (Å²) in [5, 5.41) is 3.54. The van der Waals surface area contributed by atoms with Gasteiger partial charge in [0.25, 0.3) is 11.8 Å². The van der Waals surface area contributed by atoms with Crippen molar-refractivity contribution in [1.29, 1.82) is 0 Å². The SMILES string of the molecule is CCN1CCc2ccc(C(=O)NCc3ccc(Cl)cc3)cc2C1=O. The van der Waals surface area contributed by atoms with Gasteiger partial charge in [-0.15, -0.1) is 0 Å². The molecule has 124 valence electrons. The van der Waals surface area contributed by atoms with Crippen LogP contribution in [0.3, 0.4) is 0 Å². The van der Waals surface area contributed by atoms with E-state index in [0.717, 1.165) is 24.1 Å². The normalized spacial score (nSPS) is 13.6. The maximum absolute atomic E-state index is 12.4. The number of hydrogen-bond donors (Lipinski definition) is 1. The van der Waals surface area contributed by atoms with Crippen molar-refractivity contribution in [2.45, 2.75) is 19.9 Å². The lowest BCUT2D eigenvalue weighted by Crippen LogP contribution is -2.37. The van der Waals surface area contributed by atoms with Crippen molar-refractivity contribution in [3.8, 4) is 0 Å². The Morgan fingerprint density at radius 3 is 2.67 bits per heavy atom. The Bertz CT molecular complexity index is 771. The van der Waals surface area contributed by atoms with Crippen molar-refractivity contribution >= 4 is 23.4 Å². The number of halogens is 1. The van der Waals surface area contributed by atoms with Crippen molar-refractivity contribution < 1.29 is 9.59 Å². The number of amides is 2. The van der Waals surface area contributed by atoms with Crippen LogP contribution in [0.1, 0.15) is 38.8 Å². The number of benzene rings is 2. The highest BCUT2D eigenvalue weighted by Crippen LogP contribution is 2.20. The molecule has 1 aliphatic rings. The number of carbonyl (C=O) groups excluding carboxylic acids is 2. The first-order valence-electron chi connectivity index (χ1n) is 8.03. The third-order valence-electron chi connectivity index (χ3n) is 4.29. The molecule has 2 aromatic carbocycles. The predicted octanol–water partition coefficient (Wildman–Crippen LogP) is 3.29. The van der Waals surface area contributed by atoms with Gasteiger partial charge in [0.2, 0.25) is 0 Å². The van der Waals surface area contributed by atoms with Gasteiger partial charge in [0.15, 0.2) is 0 Å². The van der Waals surface area contributed by atoms with E-state index in [1.807, 2.05) is 25.1 Å². The fourth-order valence-electron chi connectivity index (χ4n) is 2.85. The Kier molecular flexibility index (Phi) is 4.86. The van der Waals surface area contributed by atoms with Gasteiger partial charge in [-0.25, -0.2) is 0 Å². The first kappa shape index (κ1) is 16.5. The van der Waals surface area contributed by atoms with Crippen LogP contribution in [0.25, 0.3) is 0 Å². The average Bonchev–Trinajstić information content (AvgIpc) is 2.61. The summed E-state index contributed by atoms with van der Waals surface area (Å²) in [6.45, 7) is 3.81. The van der Waals surface area contributed by atoms with E-state index in [4.69, 9.17) is 11.6 Å². The van der Waals surface area contributed by atoms with E-state index < -0.39 is 0 Å². The minimum Gasteiger partial charge on any atom is -0.348 e. The van der Waals surface area contributed by atoms with Crippen LogP contribution < -0.4 is 5.32 Å². The fraction of sp³-hybridized carbons (Fsp3) is 0.263. The van der Waals surface area contributed by atoms with Crippen LogP contribution in [0.4, 0.5) is 0 Å². The Labute approximate surface area is 146 Å². The molecule has 2 amide bonds. The average molecular weight is 343 g/mol. The Hall–Kier alpha value is -2.33. The third kappa shape index (κ3) is 3.44. The molecule has 1 aliphatic heterocycles. The fourth-order valence-corrected chi connectivity index (χ4v) is 2.98. The number of hydrogen-bond acceptors (Lipinski definition) is 2. The Morgan fingerprint density at radius 1 is 1.21 bits per heavy atom.